The van der Waals surface area contributed by atoms with Crippen molar-refractivity contribution in [1.82, 2.24) is 8.80 Å². The molecule has 0 spiro atoms. The van der Waals surface area contributed by atoms with Crippen LogP contribution in [0.25, 0.3) is 76.8 Å². The molecule has 0 aliphatic rings. The van der Waals surface area contributed by atoms with Crippen LogP contribution in [0.4, 0.5) is 0 Å². The van der Waals surface area contributed by atoms with Crippen LogP contribution in [-0.4, -0.2) is 8.80 Å². The van der Waals surface area contributed by atoms with Crippen molar-refractivity contribution < 1.29 is 4.57 Å². The Morgan fingerprint density at radius 3 is 1.52 bits per heavy atom. The number of hydrogen-bond donors (Lipinski definition) is 0. The smallest absolute Gasteiger partial charge is 0.295 e. The van der Waals surface area contributed by atoms with Crippen LogP contribution in [0.1, 0.15) is 5.56 Å². The van der Waals surface area contributed by atoms with Crippen molar-refractivity contribution in [2.45, 2.75) is 6.92 Å². The van der Waals surface area contributed by atoms with Crippen molar-refractivity contribution in [2.75, 3.05) is 0 Å². The molecule has 0 unspecified atom stereocenters. The quantitative estimate of drug-likeness (QED) is 0.185. The zero-order chi connectivity index (χ0) is 27.9. The third-order valence-electron chi connectivity index (χ3n) is 9.08. The van der Waals surface area contributed by atoms with Gasteiger partial charge in [-0.2, -0.15) is 4.40 Å². The molecule has 9 rings (SSSR count). The number of fused-ring (bicyclic) bond motifs is 9. The highest BCUT2D eigenvalue weighted by Gasteiger charge is 2.27. The first kappa shape index (κ1) is 23.3. The van der Waals surface area contributed by atoms with Gasteiger partial charge in [-0.05, 0) is 48.9 Å². The first-order valence-electron chi connectivity index (χ1n) is 14.5. The maximum absolute atomic E-state index is 2.51. The summed E-state index contributed by atoms with van der Waals surface area (Å²) in [4.78, 5) is 0. The van der Waals surface area contributed by atoms with Crippen molar-refractivity contribution in [2.24, 2.45) is 7.05 Å². The highest BCUT2D eigenvalue weighted by molar-refractivity contribution is 6.22. The number of para-hydroxylation sites is 5. The van der Waals surface area contributed by atoms with Crippen molar-refractivity contribution in [1.29, 1.82) is 0 Å². The van der Waals surface area contributed by atoms with Crippen molar-refractivity contribution >= 4 is 65.4 Å². The van der Waals surface area contributed by atoms with Gasteiger partial charge in [-0.25, -0.2) is 4.57 Å². The average molecular weight is 539 g/mol. The van der Waals surface area contributed by atoms with Crippen LogP contribution in [-0.2, 0) is 7.05 Å². The zero-order valence-corrected chi connectivity index (χ0v) is 23.5. The first-order chi connectivity index (χ1) is 20.7. The molecule has 0 radical (unpaired) electrons. The lowest BCUT2D eigenvalue weighted by Crippen LogP contribution is -2.29. The lowest BCUT2D eigenvalue weighted by atomic mass is 10.1. The van der Waals surface area contributed by atoms with Crippen LogP contribution >= 0.6 is 0 Å². The third kappa shape index (κ3) is 2.97. The van der Waals surface area contributed by atoms with Gasteiger partial charge < -0.3 is 4.40 Å². The van der Waals surface area contributed by atoms with E-state index in [0.717, 1.165) is 0 Å². The summed E-state index contributed by atoms with van der Waals surface area (Å²) in [6, 6.07) is 48.9. The van der Waals surface area contributed by atoms with Gasteiger partial charge in [-0.15, -0.1) is 0 Å². The lowest BCUT2D eigenvalue weighted by molar-refractivity contribution is -0.633. The summed E-state index contributed by atoms with van der Waals surface area (Å²) < 4.78 is 7.37. The van der Waals surface area contributed by atoms with Crippen molar-refractivity contribution in [3.05, 3.63) is 139 Å². The Labute approximate surface area is 242 Å². The molecule has 42 heavy (non-hydrogen) atoms. The summed E-state index contributed by atoms with van der Waals surface area (Å²) in [5, 5.41) is 7.42. The molecule has 0 amide bonds. The molecule has 3 nitrogen and oxygen atoms in total. The summed E-state index contributed by atoms with van der Waals surface area (Å²) in [5.41, 5.74) is 9.73. The minimum Gasteiger partial charge on any atom is -0.308 e. The number of imidazole rings is 1. The van der Waals surface area contributed by atoms with Crippen molar-refractivity contribution in [3.8, 4) is 11.4 Å². The molecule has 9 aromatic rings. The molecule has 0 aliphatic carbocycles. The first-order valence-corrected chi connectivity index (χ1v) is 14.5. The Bertz CT molecular complexity index is 2600. The molecule has 3 aromatic heterocycles. The van der Waals surface area contributed by atoms with E-state index in [4.69, 9.17) is 0 Å². The largest absolute Gasteiger partial charge is 0.308 e. The van der Waals surface area contributed by atoms with E-state index in [1.54, 1.807) is 0 Å². The molecule has 0 atom stereocenters. The molecule has 6 aromatic carbocycles. The van der Waals surface area contributed by atoms with Crippen LogP contribution in [0.5, 0.6) is 0 Å². The minimum absolute atomic E-state index is 1.17. The van der Waals surface area contributed by atoms with E-state index < -0.39 is 0 Å². The number of hydrogen-bond acceptors (Lipinski definition) is 0. The number of aryl methyl sites for hydroxylation is 2. The highest BCUT2D eigenvalue weighted by atomic mass is 15.1. The van der Waals surface area contributed by atoms with Gasteiger partial charge in [-0.3, -0.25) is 0 Å². The normalized spacial score (nSPS) is 12.0. The van der Waals surface area contributed by atoms with E-state index >= 15 is 0 Å². The van der Waals surface area contributed by atoms with Gasteiger partial charge >= 0.3 is 0 Å². The Kier molecular flexibility index (Phi) is 4.74. The molecule has 0 N–H and O–H groups in total. The molecule has 3 heterocycles. The summed E-state index contributed by atoms with van der Waals surface area (Å²) in [6.07, 6.45) is 0. The fourth-order valence-electron chi connectivity index (χ4n) is 7.26. The Morgan fingerprint density at radius 1 is 0.429 bits per heavy atom. The molecule has 0 bridgehead atoms. The topological polar surface area (TPSA) is 12.7 Å². The standard InChI is InChI=1S/C39H28N3/c1-25-13-3-4-14-26(25)39-40(2)36-24-12-20-32-31-19-11-18-30-29-17-7-9-22-34(29)41(37(30)31)33-21-8-5-15-27(33)28-16-6-10-23-35(28)42(39)38(32)36/h3-24H,1-2H3/q+1. The molecular formula is C39H28N3+. The Morgan fingerprint density at radius 2 is 0.881 bits per heavy atom. The van der Waals surface area contributed by atoms with E-state index in [-0.39, 0.29) is 0 Å². The van der Waals surface area contributed by atoms with Gasteiger partial charge in [0.15, 0.2) is 11.0 Å². The van der Waals surface area contributed by atoms with Crippen LogP contribution in [0.15, 0.2) is 133 Å². The second-order valence-corrected chi connectivity index (χ2v) is 11.3. The third-order valence-corrected chi connectivity index (χ3v) is 9.08. The van der Waals surface area contributed by atoms with E-state index in [0.29, 0.717) is 0 Å². The van der Waals surface area contributed by atoms with Crippen LogP contribution in [0.3, 0.4) is 0 Å². The number of aromatic nitrogens is 3. The Hall–Kier alpha value is -5.41. The molecule has 198 valence electrons. The van der Waals surface area contributed by atoms with Gasteiger partial charge in [0.2, 0.25) is 0 Å². The predicted octanol–water partition coefficient (Wildman–Crippen LogP) is 9.32. The average Bonchev–Trinajstić information content (AvgIpc) is 3.53. The van der Waals surface area contributed by atoms with Crippen LogP contribution < -0.4 is 4.57 Å². The van der Waals surface area contributed by atoms with Gasteiger partial charge in [-0.1, -0.05) is 97.1 Å². The predicted molar refractivity (Wildman–Crippen MR) is 176 cm³/mol. The maximum Gasteiger partial charge on any atom is 0.295 e. The molecule has 0 saturated carbocycles. The van der Waals surface area contributed by atoms with Gasteiger partial charge in [0.25, 0.3) is 5.82 Å². The van der Waals surface area contributed by atoms with Gasteiger partial charge in [0.1, 0.15) is 5.52 Å². The zero-order valence-electron chi connectivity index (χ0n) is 23.5. The van der Waals surface area contributed by atoms with Gasteiger partial charge in [0.05, 0.1) is 29.2 Å². The molecule has 0 saturated heterocycles. The maximum atomic E-state index is 2.51. The summed E-state index contributed by atoms with van der Waals surface area (Å²) in [6.45, 7) is 2.21. The molecular weight excluding hydrogens is 510 g/mol. The van der Waals surface area contributed by atoms with Crippen LogP contribution in [0, 0.1) is 6.92 Å². The summed E-state index contributed by atoms with van der Waals surface area (Å²) in [5.74, 6) is 1.17. The van der Waals surface area contributed by atoms with Gasteiger partial charge in [0, 0.05) is 32.3 Å². The SMILES string of the molecule is Cc1ccccc1-c1n2c3ccccc3c3ccccc3n3c4ccccc4c4cccc(c5cccc(c52)[n+]1C)c43. The lowest BCUT2D eigenvalue weighted by Gasteiger charge is -2.08. The number of benzene rings is 6. The van der Waals surface area contributed by atoms with E-state index in [1.807, 2.05) is 0 Å². The van der Waals surface area contributed by atoms with Crippen LogP contribution in [0.2, 0.25) is 0 Å². The monoisotopic (exact) mass is 538 g/mol. The second-order valence-electron chi connectivity index (χ2n) is 11.3. The summed E-state index contributed by atoms with van der Waals surface area (Å²) >= 11 is 0. The Balaban J connectivity index is 1.75. The van der Waals surface area contributed by atoms with Crippen molar-refractivity contribution in [3.63, 3.8) is 0 Å². The van der Waals surface area contributed by atoms with E-state index in [1.165, 1.54) is 82.4 Å². The molecule has 3 heteroatoms. The minimum atomic E-state index is 1.17. The molecule has 0 aliphatic heterocycles. The fraction of sp³-hybridized carbons (Fsp3) is 0.0513. The van der Waals surface area contributed by atoms with E-state index in [2.05, 4.69) is 161 Å². The number of nitrogens with zero attached hydrogens (tertiary/aromatic N) is 3. The summed E-state index contributed by atoms with van der Waals surface area (Å²) in [7, 11) is 2.21. The molecule has 0 fully saturated rings. The second kappa shape index (κ2) is 8.55. The van der Waals surface area contributed by atoms with E-state index in [9.17, 15) is 0 Å². The fourth-order valence-corrected chi connectivity index (χ4v) is 7.26. The number of rotatable bonds is 1. The highest BCUT2D eigenvalue weighted by Crippen LogP contribution is 2.38.